The number of ether oxygens (including phenoxy) is 1. The number of nitrogens with two attached hydrogens (primary N) is 1. The topological polar surface area (TPSA) is 89.6 Å². The summed E-state index contributed by atoms with van der Waals surface area (Å²) in [6, 6.07) is 11.3. The average molecular weight is 317 g/mol. The van der Waals surface area contributed by atoms with Crippen LogP contribution in [0.2, 0.25) is 0 Å². The molecule has 0 spiro atoms. The Balaban J connectivity index is 1.91. The summed E-state index contributed by atoms with van der Waals surface area (Å²) in [6.45, 7) is 0.378. The van der Waals surface area contributed by atoms with Crippen LogP contribution in [-0.2, 0) is 16.4 Å². The van der Waals surface area contributed by atoms with Crippen molar-refractivity contribution in [1.82, 2.24) is 0 Å². The lowest BCUT2D eigenvalue weighted by Gasteiger charge is -2.11. The third kappa shape index (κ3) is 2.58. The molecule has 0 radical (unpaired) electrons. The first kappa shape index (κ1) is 14.6. The number of phenols is 1. The molecule has 1 aliphatic rings. The number of sulfone groups is 1. The fraction of sp³-hybridized carbons (Fsp3) is 0.125. The number of hydrogen-bond donors (Lipinski definition) is 2. The van der Waals surface area contributed by atoms with Crippen molar-refractivity contribution in [3.05, 3.63) is 59.0 Å². The van der Waals surface area contributed by atoms with Gasteiger partial charge in [0.15, 0.2) is 0 Å². The molecule has 3 N–H and O–H groups in total. The molecule has 6 heteroatoms. The van der Waals surface area contributed by atoms with E-state index in [9.17, 15) is 13.5 Å². The Morgan fingerprint density at radius 2 is 1.82 bits per heavy atom. The lowest BCUT2D eigenvalue weighted by Crippen LogP contribution is -2.05. The highest BCUT2D eigenvalue weighted by molar-refractivity contribution is 7.95. The Hall–Kier alpha value is -2.31. The van der Waals surface area contributed by atoms with E-state index in [1.165, 1.54) is 17.5 Å². The van der Waals surface area contributed by atoms with Gasteiger partial charge in [0.05, 0.1) is 4.90 Å². The van der Waals surface area contributed by atoms with Gasteiger partial charge in [-0.05, 0) is 35.9 Å². The molecule has 2 aromatic carbocycles. The zero-order chi connectivity index (χ0) is 15.7. The highest BCUT2D eigenvalue weighted by Gasteiger charge is 2.28. The molecule has 0 saturated heterocycles. The summed E-state index contributed by atoms with van der Waals surface area (Å²) in [5.74, 6) is 0.695. The van der Waals surface area contributed by atoms with Crippen LogP contribution >= 0.6 is 0 Å². The first-order valence-electron chi connectivity index (χ1n) is 6.71. The van der Waals surface area contributed by atoms with E-state index in [1.54, 1.807) is 24.3 Å². The highest BCUT2D eigenvalue weighted by atomic mass is 32.2. The van der Waals surface area contributed by atoms with Crippen molar-refractivity contribution in [3.8, 4) is 11.5 Å². The van der Waals surface area contributed by atoms with E-state index in [0.29, 0.717) is 16.9 Å². The Morgan fingerprint density at radius 3 is 2.50 bits per heavy atom. The maximum absolute atomic E-state index is 12.2. The van der Waals surface area contributed by atoms with Crippen molar-refractivity contribution >= 4 is 15.4 Å². The van der Waals surface area contributed by atoms with Gasteiger partial charge >= 0.3 is 0 Å². The van der Waals surface area contributed by atoms with Crippen LogP contribution in [-0.4, -0.2) is 20.1 Å². The van der Waals surface area contributed by atoms with Gasteiger partial charge in [0.2, 0.25) is 9.84 Å². The molecule has 0 amide bonds. The van der Waals surface area contributed by atoms with E-state index in [1.807, 2.05) is 6.07 Å². The number of aromatic hydroxyl groups is 1. The SMILES string of the molecule is NCc1cccc2c1C(COc1ccc(O)cc1)=CS2(=O)=O. The monoisotopic (exact) mass is 317 g/mol. The normalized spacial score (nSPS) is 15.2. The van der Waals surface area contributed by atoms with Gasteiger partial charge in [-0.2, -0.15) is 0 Å². The molecule has 0 unspecified atom stereocenters. The van der Waals surface area contributed by atoms with Gasteiger partial charge in [0.25, 0.3) is 0 Å². The number of phenolic OH excluding ortho intramolecular Hbond substituents is 1. The van der Waals surface area contributed by atoms with Crippen LogP contribution in [0.3, 0.4) is 0 Å². The Labute approximate surface area is 128 Å². The lowest BCUT2D eigenvalue weighted by molar-refractivity contribution is 0.368. The van der Waals surface area contributed by atoms with Gasteiger partial charge in [0, 0.05) is 23.1 Å². The minimum atomic E-state index is -3.44. The lowest BCUT2D eigenvalue weighted by atomic mass is 10.0. The van der Waals surface area contributed by atoms with Gasteiger partial charge in [0.1, 0.15) is 18.1 Å². The predicted octanol–water partition coefficient (Wildman–Crippen LogP) is 2.06. The van der Waals surface area contributed by atoms with Crippen molar-refractivity contribution in [2.75, 3.05) is 6.61 Å². The molecule has 0 saturated carbocycles. The minimum absolute atomic E-state index is 0.119. The second-order valence-electron chi connectivity index (χ2n) is 4.97. The standard InChI is InChI=1S/C16H15NO4S/c17-8-11-2-1-3-15-16(11)12(10-22(15,19)20)9-21-14-6-4-13(18)5-7-14/h1-7,10,18H,8-9,17H2. The largest absolute Gasteiger partial charge is 0.508 e. The molecule has 0 aromatic heterocycles. The third-order valence-corrected chi connectivity index (χ3v) is 5.04. The number of rotatable bonds is 4. The van der Waals surface area contributed by atoms with Gasteiger partial charge in [-0.1, -0.05) is 12.1 Å². The fourth-order valence-corrected chi connectivity index (χ4v) is 3.97. The zero-order valence-corrected chi connectivity index (χ0v) is 12.5. The highest BCUT2D eigenvalue weighted by Crippen LogP contribution is 2.36. The summed E-state index contributed by atoms with van der Waals surface area (Å²) in [5.41, 5.74) is 7.71. The smallest absolute Gasteiger partial charge is 0.200 e. The summed E-state index contributed by atoms with van der Waals surface area (Å²) in [7, 11) is -3.44. The van der Waals surface area contributed by atoms with Crippen molar-refractivity contribution in [2.45, 2.75) is 11.4 Å². The van der Waals surface area contributed by atoms with Gasteiger partial charge in [-0.3, -0.25) is 0 Å². The van der Waals surface area contributed by atoms with Crippen LogP contribution in [0, 0.1) is 0 Å². The van der Waals surface area contributed by atoms with Crippen molar-refractivity contribution in [1.29, 1.82) is 0 Å². The molecule has 2 aromatic rings. The third-order valence-electron chi connectivity index (χ3n) is 3.49. The molecule has 114 valence electrons. The van der Waals surface area contributed by atoms with Crippen molar-refractivity contribution in [3.63, 3.8) is 0 Å². The fourth-order valence-electron chi connectivity index (χ4n) is 2.47. The zero-order valence-electron chi connectivity index (χ0n) is 11.7. The summed E-state index contributed by atoms with van der Waals surface area (Å²) in [5, 5.41) is 10.5. The predicted molar refractivity (Wildman–Crippen MR) is 83.1 cm³/mol. The van der Waals surface area contributed by atoms with Crippen LogP contribution in [0.15, 0.2) is 52.8 Å². The molecule has 0 aliphatic carbocycles. The molecule has 22 heavy (non-hydrogen) atoms. The first-order chi connectivity index (χ1) is 10.5. The summed E-state index contributed by atoms with van der Waals surface area (Å²) in [4.78, 5) is 0.278. The maximum atomic E-state index is 12.2. The second-order valence-corrected chi connectivity index (χ2v) is 6.73. The Bertz CT molecular complexity index is 839. The average Bonchev–Trinajstić information content (AvgIpc) is 2.78. The van der Waals surface area contributed by atoms with E-state index in [4.69, 9.17) is 10.5 Å². The van der Waals surface area contributed by atoms with E-state index in [0.717, 1.165) is 5.56 Å². The first-order valence-corrected chi connectivity index (χ1v) is 8.26. The molecule has 0 bridgehead atoms. The van der Waals surface area contributed by atoms with Crippen molar-refractivity contribution < 1.29 is 18.3 Å². The quantitative estimate of drug-likeness (QED) is 0.901. The summed E-state index contributed by atoms with van der Waals surface area (Å²) >= 11 is 0. The summed E-state index contributed by atoms with van der Waals surface area (Å²) in [6.07, 6.45) is 0. The Kier molecular flexibility index (Phi) is 3.64. The van der Waals surface area contributed by atoms with Crippen LogP contribution in [0.5, 0.6) is 11.5 Å². The molecular weight excluding hydrogens is 302 g/mol. The molecule has 3 rings (SSSR count). The van der Waals surface area contributed by atoms with E-state index < -0.39 is 9.84 Å². The van der Waals surface area contributed by atoms with E-state index >= 15 is 0 Å². The number of fused-ring (bicyclic) bond motifs is 1. The van der Waals surface area contributed by atoms with Crippen molar-refractivity contribution in [2.24, 2.45) is 5.73 Å². The van der Waals surface area contributed by atoms with Crippen LogP contribution in [0.25, 0.3) is 5.57 Å². The van der Waals surface area contributed by atoms with Crippen LogP contribution in [0.1, 0.15) is 11.1 Å². The molecule has 1 heterocycles. The van der Waals surface area contributed by atoms with Gasteiger partial charge in [-0.15, -0.1) is 0 Å². The molecule has 5 nitrogen and oxygen atoms in total. The van der Waals surface area contributed by atoms with E-state index in [2.05, 4.69) is 0 Å². The van der Waals surface area contributed by atoms with Crippen LogP contribution in [0.4, 0.5) is 0 Å². The minimum Gasteiger partial charge on any atom is -0.508 e. The number of benzene rings is 2. The van der Waals surface area contributed by atoms with Gasteiger partial charge in [-0.25, -0.2) is 8.42 Å². The molecular formula is C16H15NO4S. The Morgan fingerprint density at radius 1 is 1.09 bits per heavy atom. The second kappa shape index (κ2) is 5.47. The maximum Gasteiger partial charge on any atom is 0.200 e. The number of hydrogen-bond acceptors (Lipinski definition) is 5. The summed E-state index contributed by atoms with van der Waals surface area (Å²) < 4.78 is 30.0. The van der Waals surface area contributed by atoms with E-state index in [-0.39, 0.29) is 23.8 Å². The molecule has 0 fully saturated rings. The van der Waals surface area contributed by atoms with Crippen LogP contribution < -0.4 is 10.5 Å². The molecule has 1 aliphatic heterocycles. The molecule has 0 atom stereocenters. The van der Waals surface area contributed by atoms with Gasteiger partial charge < -0.3 is 15.6 Å².